The Balaban J connectivity index is 1.56. The summed E-state index contributed by atoms with van der Waals surface area (Å²) >= 11 is 0. The molecule has 1 aromatic carbocycles. The lowest BCUT2D eigenvalue weighted by Gasteiger charge is -2.35. The molecule has 0 saturated carbocycles. The minimum Gasteiger partial charge on any atom is -0.394 e. The Morgan fingerprint density at radius 2 is 2.14 bits per heavy atom. The number of benzene rings is 1. The summed E-state index contributed by atoms with van der Waals surface area (Å²) in [5, 5.41) is 19.0. The van der Waals surface area contributed by atoms with Gasteiger partial charge >= 0.3 is 0 Å². The van der Waals surface area contributed by atoms with E-state index < -0.39 is 0 Å². The summed E-state index contributed by atoms with van der Waals surface area (Å²) in [4.78, 5) is 29.8. The molecule has 10 heteroatoms. The summed E-state index contributed by atoms with van der Waals surface area (Å²) < 4.78 is 10.1. The molecule has 36 heavy (non-hydrogen) atoms. The van der Waals surface area contributed by atoms with E-state index in [9.17, 15) is 14.7 Å². The van der Waals surface area contributed by atoms with Crippen LogP contribution in [0.15, 0.2) is 36.7 Å². The molecule has 3 aromatic rings. The van der Waals surface area contributed by atoms with Crippen molar-refractivity contribution in [2.75, 3.05) is 26.7 Å². The third-order valence-corrected chi connectivity index (χ3v) is 7.08. The van der Waals surface area contributed by atoms with E-state index in [1.54, 1.807) is 27.7 Å². The average molecular weight is 497 g/mol. The molecule has 0 saturated heterocycles. The van der Waals surface area contributed by atoms with Crippen LogP contribution in [0.25, 0.3) is 10.9 Å². The lowest BCUT2D eigenvalue weighted by atomic mass is 10.0. The van der Waals surface area contributed by atoms with Crippen molar-refractivity contribution in [1.29, 1.82) is 0 Å². The van der Waals surface area contributed by atoms with Gasteiger partial charge in [-0.3, -0.25) is 9.59 Å². The number of hydrogen-bond donors (Lipinski definition) is 1. The molecule has 3 heterocycles. The van der Waals surface area contributed by atoms with Crippen molar-refractivity contribution in [1.82, 2.24) is 29.4 Å². The van der Waals surface area contributed by atoms with Gasteiger partial charge in [0, 0.05) is 63.3 Å². The second kappa shape index (κ2) is 11.2. The quantitative estimate of drug-likeness (QED) is 0.580. The molecular weight excluding hydrogens is 460 g/mol. The van der Waals surface area contributed by atoms with Crippen LogP contribution in [0.3, 0.4) is 0 Å². The van der Waals surface area contributed by atoms with Crippen molar-refractivity contribution >= 4 is 22.7 Å². The molecule has 194 valence electrons. The first-order valence-corrected chi connectivity index (χ1v) is 12.5. The maximum absolute atomic E-state index is 13.3. The minimum atomic E-state index is -0.346. The van der Waals surface area contributed by atoms with E-state index in [-0.39, 0.29) is 36.5 Å². The molecule has 0 aliphatic carbocycles. The third-order valence-electron chi connectivity index (χ3n) is 7.08. The van der Waals surface area contributed by atoms with Crippen LogP contribution in [0.2, 0.25) is 0 Å². The van der Waals surface area contributed by atoms with E-state index >= 15 is 0 Å². The SMILES string of the molecule is C[C@@H]1CN([C@@H](C)CO)C(=O)CCCn2nncc2CO[C@@H]1CN(C)C(=O)c1ccc2ccn(C)c2c1. The van der Waals surface area contributed by atoms with E-state index in [1.807, 2.05) is 55.9 Å². The zero-order chi connectivity index (χ0) is 25.8. The van der Waals surface area contributed by atoms with Gasteiger partial charge in [0.2, 0.25) is 5.91 Å². The highest BCUT2D eigenvalue weighted by molar-refractivity contribution is 5.98. The Kier molecular flexibility index (Phi) is 8.05. The van der Waals surface area contributed by atoms with Gasteiger partial charge in [-0.2, -0.15) is 0 Å². The van der Waals surface area contributed by atoms with E-state index in [4.69, 9.17) is 4.74 Å². The summed E-state index contributed by atoms with van der Waals surface area (Å²) in [6, 6.07) is 7.43. The lowest BCUT2D eigenvalue weighted by Crippen LogP contribution is -2.48. The third kappa shape index (κ3) is 5.60. The molecule has 3 atom stereocenters. The molecule has 1 aliphatic heterocycles. The van der Waals surface area contributed by atoms with Crippen molar-refractivity contribution in [3.8, 4) is 0 Å². The molecule has 1 N–H and O–H groups in total. The van der Waals surface area contributed by atoms with Crippen molar-refractivity contribution in [3.05, 3.63) is 47.9 Å². The maximum Gasteiger partial charge on any atom is 0.253 e. The average Bonchev–Trinajstić information content (AvgIpc) is 3.48. The fourth-order valence-corrected chi connectivity index (χ4v) is 4.71. The number of carbonyl (C=O) groups is 2. The molecule has 2 amide bonds. The molecular formula is C26H36N6O4. The Hall–Kier alpha value is -3.24. The highest BCUT2D eigenvalue weighted by atomic mass is 16.5. The van der Waals surface area contributed by atoms with Crippen molar-refractivity contribution in [2.24, 2.45) is 13.0 Å². The van der Waals surface area contributed by atoms with Gasteiger partial charge in [0.25, 0.3) is 5.91 Å². The number of carbonyl (C=O) groups excluding carboxylic acids is 2. The Labute approximate surface area is 211 Å². The van der Waals surface area contributed by atoms with E-state index in [0.29, 0.717) is 44.6 Å². The topological polar surface area (TPSA) is 106 Å². The Bertz CT molecular complexity index is 1200. The van der Waals surface area contributed by atoms with Crippen molar-refractivity contribution < 1.29 is 19.4 Å². The molecule has 0 fully saturated rings. The number of fused-ring (bicyclic) bond motifs is 2. The number of aliphatic hydroxyl groups excluding tert-OH is 1. The van der Waals surface area contributed by atoms with E-state index in [1.165, 1.54) is 0 Å². The van der Waals surface area contributed by atoms with Gasteiger partial charge in [0.1, 0.15) is 0 Å². The number of likely N-dealkylation sites (N-methyl/N-ethyl adjacent to an activating group) is 1. The van der Waals surface area contributed by atoms with Crippen molar-refractivity contribution in [2.45, 2.75) is 52.0 Å². The fraction of sp³-hybridized carbons (Fsp3) is 0.538. The van der Waals surface area contributed by atoms with Gasteiger partial charge in [0.05, 0.1) is 37.3 Å². The van der Waals surface area contributed by atoms with Gasteiger partial charge in [-0.05, 0) is 36.9 Å². The van der Waals surface area contributed by atoms with Crippen LogP contribution in [0.4, 0.5) is 0 Å². The number of aryl methyl sites for hydroxylation is 2. The first-order valence-electron chi connectivity index (χ1n) is 12.5. The predicted molar refractivity (Wildman–Crippen MR) is 135 cm³/mol. The zero-order valence-corrected chi connectivity index (χ0v) is 21.5. The van der Waals surface area contributed by atoms with Gasteiger partial charge in [0.15, 0.2) is 0 Å². The smallest absolute Gasteiger partial charge is 0.253 e. The van der Waals surface area contributed by atoms with Crippen LogP contribution in [-0.4, -0.2) is 85.2 Å². The molecule has 0 unspecified atom stereocenters. The maximum atomic E-state index is 13.3. The minimum absolute atomic E-state index is 0.00955. The number of ether oxygens (including phenoxy) is 1. The number of amides is 2. The second-order valence-corrected chi connectivity index (χ2v) is 9.84. The van der Waals surface area contributed by atoms with Crippen LogP contribution in [0, 0.1) is 5.92 Å². The largest absolute Gasteiger partial charge is 0.394 e. The summed E-state index contributed by atoms with van der Waals surface area (Å²) in [5.74, 6) is -0.189. The van der Waals surface area contributed by atoms with Crippen LogP contribution < -0.4 is 0 Å². The molecule has 1 aliphatic rings. The van der Waals surface area contributed by atoms with Gasteiger partial charge in [-0.25, -0.2) is 4.68 Å². The van der Waals surface area contributed by atoms with E-state index in [2.05, 4.69) is 10.3 Å². The van der Waals surface area contributed by atoms with Gasteiger partial charge in [-0.15, -0.1) is 5.10 Å². The monoisotopic (exact) mass is 496 g/mol. The van der Waals surface area contributed by atoms with Gasteiger partial charge in [-0.1, -0.05) is 18.2 Å². The molecule has 2 aromatic heterocycles. The van der Waals surface area contributed by atoms with Crippen LogP contribution in [-0.2, 0) is 29.7 Å². The number of aliphatic hydroxyl groups is 1. The Morgan fingerprint density at radius 1 is 1.33 bits per heavy atom. The van der Waals surface area contributed by atoms with Crippen molar-refractivity contribution in [3.63, 3.8) is 0 Å². The van der Waals surface area contributed by atoms with Crippen LogP contribution >= 0.6 is 0 Å². The van der Waals surface area contributed by atoms with E-state index in [0.717, 1.165) is 16.6 Å². The van der Waals surface area contributed by atoms with Crippen LogP contribution in [0.1, 0.15) is 42.7 Å². The first-order chi connectivity index (χ1) is 17.3. The number of rotatable bonds is 5. The normalized spacial score (nSPS) is 20.5. The summed E-state index contributed by atoms with van der Waals surface area (Å²) in [6.45, 7) is 5.40. The van der Waals surface area contributed by atoms with Gasteiger partial charge < -0.3 is 24.2 Å². The molecule has 10 nitrogen and oxygen atoms in total. The Morgan fingerprint density at radius 3 is 2.92 bits per heavy atom. The highest BCUT2D eigenvalue weighted by Crippen LogP contribution is 2.21. The molecule has 0 spiro atoms. The highest BCUT2D eigenvalue weighted by Gasteiger charge is 2.29. The summed E-state index contributed by atoms with van der Waals surface area (Å²) in [7, 11) is 3.73. The molecule has 0 bridgehead atoms. The number of nitrogens with zero attached hydrogens (tertiary/aromatic N) is 6. The first kappa shape index (κ1) is 25.8. The standard InChI is InChI=1S/C26H36N6O4/c1-18-14-31(19(2)16-33)25(34)6-5-10-32-22(13-27-28-32)17-36-24(18)15-30(4)26(35)21-8-7-20-9-11-29(3)23(20)12-21/h7-9,11-13,18-19,24,33H,5-6,10,14-17H2,1-4H3/t18-,19+,24-/m1/s1. The molecule has 4 rings (SSSR count). The summed E-state index contributed by atoms with van der Waals surface area (Å²) in [5.41, 5.74) is 2.45. The summed E-state index contributed by atoms with van der Waals surface area (Å²) in [6.07, 6.45) is 4.30. The van der Waals surface area contributed by atoms with Crippen LogP contribution in [0.5, 0.6) is 0 Å². The molecule has 0 radical (unpaired) electrons. The predicted octanol–water partition coefficient (Wildman–Crippen LogP) is 2.07. The second-order valence-electron chi connectivity index (χ2n) is 9.84. The lowest BCUT2D eigenvalue weighted by molar-refractivity contribution is -0.136. The zero-order valence-electron chi connectivity index (χ0n) is 21.5. The number of hydrogen-bond acceptors (Lipinski definition) is 6. The number of aromatic nitrogens is 4. The fourth-order valence-electron chi connectivity index (χ4n) is 4.71.